The number of rotatable bonds is 8. The molecule has 1 amide bonds. The molecule has 0 heterocycles. The molecule has 0 aromatic heterocycles. The van der Waals surface area contributed by atoms with Gasteiger partial charge in [-0.05, 0) is 51.3 Å². The van der Waals surface area contributed by atoms with Gasteiger partial charge in [-0.3, -0.25) is 4.79 Å². The quantitative estimate of drug-likeness (QED) is 0.468. The number of carbonyl (C=O) groups is 1. The Kier molecular flexibility index (Phi) is 8.28. The minimum absolute atomic E-state index is 0.173. The Labute approximate surface area is 170 Å². The lowest BCUT2D eigenvalue weighted by Crippen LogP contribution is -2.19. The summed E-state index contributed by atoms with van der Waals surface area (Å²) in [4.78, 5) is 11.9. The SMILES string of the molecule is COc1cc(/C=N/NC(=O)CSCc2cccc(Cl)c2)cc(Br)c1OC. The predicted octanol–water partition coefficient (Wildman–Crippen LogP) is 4.50. The molecule has 5 nitrogen and oxygen atoms in total. The van der Waals surface area contributed by atoms with Gasteiger partial charge in [-0.25, -0.2) is 5.43 Å². The van der Waals surface area contributed by atoms with Crippen LogP contribution < -0.4 is 14.9 Å². The van der Waals surface area contributed by atoms with Crippen LogP contribution in [0.4, 0.5) is 0 Å². The molecule has 138 valence electrons. The number of ether oxygens (including phenoxy) is 2. The van der Waals surface area contributed by atoms with Crippen LogP contribution in [0.15, 0.2) is 46.0 Å². The van der Waals surface area contributed by atoms with E-state index in [1.807, 2.05) is 30.3 Å². The standard InChI is InChI=1S/C18H18BrClN2O3S/c1-24-16-8-13(7-15(19)18(16)25-2)9-21-22-17(23)11-26-10-12-4-3-5-14(20)6-12/h3-9H,10-11H2,1-2H3,(H,22,23)/b21-9+. The molecule has 0 fully saturated rings. The molecule has 2 aromatic rings. The van der Waals surface area contributed by atoms with Crippen molar-refractivity contribution < 1.29 is 14.3 Å². The van der Waals surface area contributed by atoms with E-state index >= 15 is 0 Å². The first-order chi connectivity index (χ1) is 12.5. The van der Waals surface area contributed by atoms with Gasteiger partial charge < -0.3 is 9.47 Å². The summed E-state index contributed by atoms with van der Waals surface area (Å²) in [5.74, 6) is 2.02. The molecule has 0 bridgehead atoms. The van der Waals surface area contributed by atoms with Crippen molar-refractivity contribution in [2.24, 2.45) is 5.10 Å². The van der Waals surface area contributed by atoms with Crippen LogP contribution >= 0.6 is 39.3 Å². The van der Waals surface area contributed by atoms with Crippen LogP contribution in [0, 0.1) is 0 Å². The molecule has 26 heavy (non-hydrogen) atoms. The second kappa shape index (κ2) is 10.4. The first kappa shape index (κ1) is 20.6. The zero-order valence-corrected chi connectivity index (χ0v) is 17.5. The van der Waals surface area contributed by atoms with Gasteiger partial charge >= 0.3 is 0 Å². The van der Waals surface area contributed by atoms with E-state index < -0.39 is 0 Å². The van der Waals surface area contributed by atoms with E-state index in [0.717, 1.165) is 15.6 Å². The van der Waals surface area contributed by atoms with E-state index in [-0.39, 0.29) is 5.91 Å². The number of hydrogen-bond donors (Lipinski definition) is 1. The van der Waals surface area contributed by atoms with E-state index in [4.69, 9.17) is 21.1 Å². The minimum atomic E-state index is -0.173. The number of hydrazone groups is 1. The summed E-state index contributed by atoms with van der Waals surface area (Å²) in [6.07, 6.45) is 1.55. The van der Waals surface area contributed by atoms with E-state index in [9.17, 15) is 4.79 Å². The zero-order valence-electron chi connectivity index (χ0n) is 14.3. The van der Waals surface area contributed by atoms with Crippen LogP contribution in [0.2, 0.25) is 5.02 Å². The molecule has 0 radical (unpaired) electrons. The Hall–Kier alpha value is -1.70. The summed E-state index contributed by atoms with van der Waals surface area (Å²) >= 11 is 10.8. The van der Waals surface area contributed by atoms with E-state index in [0.29, 0.717) is 28.0 Å². The number of methoxy groups -OCH3 is 2. The van der Waals surface area contributed by atoms with Gasteiger partial charge in [0, 0.05) is 10.8 Å². The van der Waals surface area contributed by atoms with Gasteiger partial charge in [-0.2, -0.15) is 5.10 Å². The smallest absolute Gasteiger partial charge is 0.250 e. The van der Waals surface area contributed by atoms with Crippen molar-refractivity contribution >= 4 is 51.4 Å². The third kappa shape index (κ3) is 6.23. The molecular weight excluding hydrogens is 440 g/mol. The molecule has 0 saturated carbocycles. The number of hydrogen-bond acceptors (Lipinski definition) is 5. The summed E-state index contributed by atoms with van der Waals surface area (Å²) in [5, 5.41) is 4.67. The summed E-state index contributed by atoms with van der Waals surface area (Å²) in [5.41, 5.74) is 4.35. The van der Waals surface area contributed by atoms with Crippen LogP contribution in [-0.2, 0) is 10.5 Å². The Balaban J connectivity index is 1.84. The number of halogens is 2. The zero-order chi connectivity index (χ0) is 18.9. The number of benzene rings is 2. The summed E-state index contributed by atoms with van der Waals surface area (Å²) in [6.45, 7) is 0. The highest BCUT2D eigenvalue weighted by molar-refractivity contribution is 9.10. The summed E-state index contributed by atoms with van der Waals surface area (Å²) < 4.78 is 11.3. The van der Waals surface area contributed by atoms with Crippen molar-refractivity contribution in [2.45, 2.75) is 5.75 Å². The van der Waals surface area contributed by atoms with Crippen molar-refractivity contribution in [1.82, 2.24) is 5.43 Å². The molecule has 2 aromatic carbocycles. The molecule has 1 N–H and O–H groups in total. The Morgan fingerprint density at radius 3 is 2.81 bits per heavy atom. The lowest BCUT2D eigenvalue weighted by Gasteiger charge is -2.10. The number of nitrogens with zero attached hydrogens (tertiary/aromatic N) is 1. The average molecular weight is 458 g/mol. The Bertz CT molecular complexity index is 802. The third-order valence-corrected chi connectivity index (χ3v) is 5.08. The van der Waals surface area contributed by atoms with Crippen LogP contribution in [0.25, 0.3) is 0 Å². The van der Waals surface area contributed by atoms with E-state index in [1.165, 1.54) is 11.8 Å². The van der Waals surface area contributed by atoms with Crippen LogP contribution in [-0.4, -0.2) is 32.1 Å². The third-order valence-electron chi connectivity index (χ3n) is 3.25. The monoisotopic (exact) mass is 456 g/mol. The van der Waals surface area contributed by atoms with Gasteiger partial charge in [0.2, 0.25) is 5.91 Å². The van der Waals surface area contributed by atoms with Crippen LogP contribution in [0.5, 0.6) is 11.5 Å². The highest BCUT2D eigenvalue weighted by atomic mass is 79.9. The highest BCUT2D eigenvalue weighted by Crippen LogP contribution is 2.35. The van der Waals surface area contributed by atoms with Gasteiger partial charge in [0.05, 0.1) is 30.7 Å². The first-order valence-electron chi connectivity index (χ1n) is 7.59. The molecule has 0 spiro atoms. The fourth-order valence-corrected chi connectivity index (χ4v) is 3.71. The summed E-state index contributed by atoms with van der Waals surface area (Å²) in [7, 11) is 3.13. The van der Waals surface area contributed by atoms with Crippen LogP contribution in [0.1, 0.15) is 11.1 Å². The molecule has 0 aliphatic heterocycles. The molecule has 0 aliphatic carbocycles. The van der Waals surface area contributed by atoms with Crippen LogP contribution in [0.3, 0.4) is 0 Å². The van der Waals surface area contributed by atoms with Gasteiger partial charge in [-0.1, -0.05) is 23.7 Å². The first-order valence-corrected chi connectivity index (χ1v) is 9.91. The molecule has 0 unspecified atom stereocenters. The minimum Gasteiger partial charge on any atom is -0.493 e. The van der Waals surface area contributed by atoms with E-state index in [2.05, 4.69) is 26.5 Å². The van der Waals surface area contributed by atoms with E-state index in [1.54, 1.807) is 26.5 Å². The summed E-state index contributed by atoms with van der Waals surface area (Å²) in [6, 6.07) is 11.2. The molecule has 0 aliphatic rings. The number of thioether (sulfide) groups is 1. The van der Waals surface area contributed by atoms with Gasteiger partial charge in [-0.15, -0.1) is 11.8 Å². The highest BCUT2D eigenvalue weighted by Gasteiger charge is 2.09. The van der Waals surface area contributed by atoms with Crippen molar-refractivity contribution in [3.05, 3.63) is 57.0 Å². The Morgan fingerprint density at radius 2 is 2.12 bits per heavy atom. The topological polar surface area (TPSA) is 59.9 Å². The van der Waals surface area contributed by atoms with Gasteiger partial charge in [0.15, 0.2) is 11.5 Å². The normalized spacial score (nSPS) is 10.8. The number of amides is 1. The Morgan fingerprint density at radius 1 is 1.31 bits per heavy atom. The molecular formula is C18H18BrClN2O3S. The number of carbonyl (C=O) groups excluding carboxylic acids is 1. The largest absolute Gasteiger partial charge is 0.493 e. The maximum atomic E-state index is 11.9. The fraction of sp³-hybridized carbons (Fsp3) is 0.222. The molecule has 8 heteroatoms. The maximum Gasteiger partial charge on any atom is 0.250 e. The fourth-order valence-electron chi connectivity index (χ4n) is 2.11. The lowest BCUT2D eigenvalue weighted by molar-refractivity contribution is -0.118. The lowest BCUT2D eigenvalue weighted by atomic mass is 10.2. The van der Waals surface area contributed by atoms with Crippen molar-refractivity contribution in [3.8, 4) is 11.5 Å². The van der Waals surface area contributed by atoms with Crippen molar-refractivity contribution in [1.29, 1.82) is 0 Å². The van der Waals surface area contributed by atoms with Gasteiger partial charge in [0.1, 0.15) is 0 Å². The molecule has 2 rings (SSSR count). The van der Waals surface area contributed by atoms with Crippen molar-refractivity contribution in [2.75, 3.05) is 20.0 Å². The van der Waals surface area contributed by atoms with Gasteiger partial charge in [0.25, 0.3) is 0 Å². The molecule has 0 saturated heterocycles. The average Bonchev–Trinajstić information content (AvgIpc) is 2.61. The molecule has 0 atom stereocenters. The van der Waals surface area contributed by atoms with Crippen molar-refractivity contribution in [3.63, 3.8) is 0 Å². The number of nitrogens with one attached hydrogen (secondary N) is 1. The maximum absolute atomic E-state index is 11.9. The second-order valence-electron chi connectivity index (χ2n) is 5.15. The second-order valence-corrected chi connectivity index (χ2v) is 7.43. The predicted molar refractivity (Wildman–Crippen MR) is 111 cm³/mol.